The zero-order valence-electron chi connectivity index (χ0n) is 10.5. The molecule has 2 heterocycles. The number of amides is 1. The van der Waals surface area contributed by atoms with Gasteiger partial charge in [0, 0.05) is 23.4 Å². The number of alkyl halides is 1. The number of rotatable bonds is 3. The summed E-state index contributed by atoms with van der Waals surface area (Å²) in [4.78, 5) is 16.4. The van der Waals surface area contributed by atoms with E-state index in [0.29, 0.717) is 16.4 Å². The highest BCUT2D eigenvalue weighted by molar-refractivity contribution is 9.08. The Hall–Kier alpha value is -2.21. The smallest absolute Gasteiger partial charge is 0.259 e. The minimum absolute atomic E-state index is 0.193. The molecule has 6 heteroatoms. The minimum atomic E-state index is -0.193. The third-order valence-corrected chi connectivity index (χ3v) is 3.58. The molecular formula is C14H11BrN4O. The van der Waals surface area contributed by atoms with Crippen LogP contribution < -0.4 is 5.32 Å². The second-order valence-corrected chi connectivity index (χ2v) is 4.77. The van der Waals surface area contributed by atoms with E-state index in [1.54, 1.807) is 29.3 Å². The third kappa shape index (κ3) is 2.30. The van der Waals surface area contributed by atoms with Gasteiger partial charge in [-0.3, -0.25) is 9.78 Å². The predicted molar refractivity (Wildman–Crippen MR) is 80.0 cm³/mol. The quantitative estimate of drug-likeness (QED) is 0.751. The van der Waals surface area contributed by atoms with Gasteiger partial charge in [-0.25, -0.2) is 4.52 Å². The van der Waals surface area contributed by atoms with E-state index in [1.807, 2.05) is 24.3 Å². The molecule has 2 aromatic heterocycles. The number of carbonyl (C=O) groups is 1. The van der Waals surface area contributed by atoms with Gasteiger partial charge in [0.2, 0.25) is 0 Å². The fourth-order valence-corrected chi connectivity index (χ4v) is 2.45. The van der Waals surface area contributed by atoms with Crippen LogP contribution in [0.3, 0.4) is 0 Å². The van der Waals surface area contributed by atoms with Gasteiger partial charge >= 0.3 is 0 Å². The van der Waals surface area contributed by atoms with Crippen LogP contribution in [-0.2, 0) is 5.33 Å². The molecular weight excluding hydrogens is 320 g/mol. The van der Waals surface area contributed by atoms with E-state index in [0.717, 1.165) is 11.3 Å². The SMILES string of the molecule is O=C(Nc1ccccc1CBr)c1cnn2ccncc12. The summed E-state index contributed by atoms with van der Waals surface area (Å²) in [6.07, 6.45) is 6.50. The lowest BCUT2D eigenvalue weighted by atomic mass is 10.2. The molecule has 1 amide bonds. The molecule has 3 aromatic rings. The molecule has 0 spiro atoms. The van der Waals surface area contributed by atoms with Crippen LogP contribution in [0.25, 0.3) is 5.52 Å². The van der Waals surface area contributed by atoms with Gasteiger partial charge in [-0.05, 0) is 11.6 Å². The lowest BCUT2D eigenvalue weighted by Gasteiger charge is -2.08. The van der Waals surface area contributed by atoms with Gasteiger partial charge < -0.3 is 5.32 Å². The molecule has 0 aliphatic rings. The monoisotopic (exact) mass is 330 g/mol. The summed E-state index contributed by atoms with van der Waals surface area (Å²) in [5.74, 6) is -0.193. The Labute approximate surface area is 123 Å². The lowest BCUT2D eigenvalue weighted by molar-refractivity contribution is 0.102. The summed E-state index contributed by atoms with van der Waals surface area (Å²) in [7, 11) is 0. The topological polar surface area (TPSA) is 59.3 Å². The summed E-state index contributed by atoms with van der Waals surface area (Å²) in [6, 6.07) is 7.66. The maximum absolute atomic E-state index is 12.3. The summed E-state index contributed by atoms with van der Waals surface area (Å²) < 4.78 is 1.62. The van der Waals surface area contributed by atoms with Crippen LogP contribution in [0.4, 0.5) is 5.69 Å². The van der Waals surface area contributed by atoms with Crippen LogP contribution in [-0.4, -0.2) is 20.5 Å². The van der Waals surface area contributed by atoms with Gasteiger partial charge in [-0.2, -0.15) is 5.10 Å². The summed E-state index contributed by atoms with van der Waals surface area (Å²) in [6.45, 7) is 0. The molecule has 0 bridgehead atoms. The van der Waals surface area contributed by atoms with Crippen molar-refractivity contribution < 1.29 is 4.79 Å². The van der Waals surface area contributed by atoms with Crippen molar-refractivity contribution in [2.75, 3.05) is 5.32 Å². The number of carbonyl (C=O) groups excluding carboxylic acids is 1. The van der Waals surface area contributed by atoms with E-state index in [1.165, 1.54) is 0 Å². The first-order valence-corrected chi connectivity index (χ1v) is 7.14. The number of fused-ring (bicyclic) bond motifs is 1. The number of aromatic nitrogens is 3. The average Bonchev–Trinajstić information content (AvgIpc) is 2.92. The number of hydrogen-bond acceptors (Lipinski definition) is 3. The van der Waals surface area contributed by atoms with Crippen LogP contribution in [0.15, 0.2) is 49.1 Å². The van der Waals surface area contributed by atoms with Crippen molar-refractivity contribution >= 4 is 33.0 Å². The van der Waals surface area contributed by atoms with Crippen molar-refractivity contribution in [3.8, 4) is 0 Å². The maximum atomic E-state index is 12.3. The highest BCUT2D eigenvalue weighted by atomic mass is 79.9. The Morgan fingerprint density at radius 2 is 2.15 bits per heavy atom. The summed E-state index contributed by atoms with van der Waals surface area (Å²) in [5.41, 5.74) is 3.00. The van der Waals surface area contributed by atoms with E-state index in [-0.39, 0.29) is 5.91 Å². The number of halogens is 1. The van der Waals surface area contributed by atoms with Crippen molar-refractivity contribution in [2.45, 2.75) is 5.33 Å². The number of benzene rings is 1. The molecule has 0 aliphatic carbocycles. The van der Waals surface area contributed by atoms with Gasteiger partial charge in [-0.15, -0.1) is 0 Å². The molecule has 20 heavy (non-hydrogen) atoms. The number of nitrogens with one attached hydrogen (secondary N) is 1. The first kappa shape index (κ1) is 12.8. The van der Waals surface area contributed by atoms with Crippen LogP contribution >= 0.6 is 15.9 Å². The average molecular weight is 331 g/mol. The standard InChI is InChI=1S/C14H11BrN4O/c15-7-10-3-1-2-4-12(10)18-14(20)11-8-17-19-6-5-16-9-13(11)19/h1-6,8-9H,7H2,(H,18,20). The van der Waals surface area contributed by atoms with Gasteiger partial charge in [0.15, 0.2) is 0 Å². The zero-order valence-corrected chi connectivity index (χ0v) is 12.0. The van der Waals surface area contributed by atoms with E-state index >= 15 is 0 Å². The second-order valence-electron chi connectivity index (χ2n) is 4.21. The molecule has 0 aliphatic heterocycles. The molecule has 0 saturated carbocycles. The van der Waals surface area contributed by atoms with Gasteiger partial charge in [-0.1, -0.05) is 34.1 Å². The van der Waals surface area contributed by atoms with E-state index in [9.17, 15) is 4.79 Å². The molecule has 5 nitrogen and oxygen atoms in total. The number of nitrogens with zero attached hydrogens (tertiary/aromatic N) is 3. The highest BCUT2D eigenvalue weighted by Gasteiger charge is 2.13. The Bertz CT molecular complexity index is 768. The van der Waals surface area contributed by atoms with Gasteiger partial charge in [0.25, 0.3) is 5.91 Å². The van der Waals surface area contributed by atoms with E-state index < -0.39 is 0 Å². The first-order chi connectivity index (χ1) is 9.79. The van der Waals surface area contributed by atoms with Crippen LogP contribution in [0.5, 0.6) is 0 Å². The summed E-state index contributed by atoms with van der Waals surface area (Å²) in [5, 5.41) is 7.72. The number of hydrogen-bond donors (Lipinski definition) is 1. The van der Waals surface area contributed by atoms with Crippen molar-refractivity contribution in [1.82, 2.24) is 14.6 Å². The summed E-state index contributed by atoms with van der Waals surface area (Å²) >= 11 is 3.41. The molecule has 0 radical (unpaired) electrons. The van der Waals surface area contributed by atoms with Crippen LogP contribution in [0.1, 0.15) is 15.9 Å². The van der Waals surface area contributed by atoms with Crippen LogP contribution in [0, 0.1) is 0 Å². The molecule has 0 saturated heterocycles. The largest absolute Gasteiger partial charge is 0.322 e. The Balaban J connectivity index is 1.93. The molecule has 3 rings (SSSR count). The molecule has 0 atom stereocenters. The normalized spacial score (nSPS) is 10.7. The minimum Gasteiger partial charge on any atom is -0.322 e. The van der Waals surface area contributed by atoms with E-state index in [4.69, 9.17) is 0 Å². The fourth-order valence-electron chi connectivity index (χ4n) is 1.96. The van der Waals surface area contributed by atoms with Crippen molar-refractivity contribution in [1.29, 1.82) is 0 Å². The highest BCUT2D eigenvalue weighted by Crippen LogP contribution is 2.19. The van der Waals surface area contributed by atoms with Crippen molar-refractivity contribution in [3.63, 3.8) is 0 Å². The van der Waals surface area contributed by atoms with Crippen LogP contribution in [0.2, 0.25) is 0 Å². The van der Waals surface area contributed by atoms with E-state index in [2.05, 4.69) is 31.3 Å². The van der Waals surface area contributed by atoms with Gasteiger partial charge in [0.05, 0.1) is 23.5 Å². The third-order valence-electron chi connectivity index (χ3n) is 2.98. The Kier molecular flexibility index (Phi) is 3.47. The van der Waals surface area contributed by atoms with Gasteiger partial charge in [0.1, 0.15) is 0 Å². The van der Waals surface area contributed by atoms with Crippen molar-refractivity contribution in [3.05, 3.63) is 60.2 Å². The molecule has 0 fully saturated rings. The fraction of sp³-hybridized carbons (Fsp3) is 0.0714. The molecule has 1 aromatic carbocycles. The number of para-hydroxylation sites is 1. The number of anilines is 1. The molecule has 1 N–H and O–H groups in total. The molecule has 100 valence electrons. The predicted octanol–water partition coefficient (Wildman–Crippen LogP) is 2.88. The second kappa shape index (κ2) is 5.42. The van der Waals surface area contributed by atoms with Crippen molar-refractivity contribution in [2.24, 2.45) is 0 Å². The molecule has 0 unspecified atom stereocenters. The maximum Gasteiger partial charge on any atom is 0.259 e. The lowest BCUT2D eigenvalue weighted by Crippen LogP contribution is -2.12. The first-order valence-electron chi connectivity index (χ1n) is 6.02. The zero-order chi connectivity index (χ0) is 13.9. The Morgan fingerprint density at radius 3 is 3.00 bits per heavy atom. The Morgan fingerprint density at radius 1 is 1.30 bits per heavy atom.